The van der Waals surface area contributed by atoms with Gasteiger partial charge in [-0.25, -0.2) is 4.39 Å². The first-order chi connectivity index (χ1) is 5.66. The summed E-state index contributed by atoms with van der Waals surface area (Å²) in [5.41, 5.74) is 0. The molecule has 0 unspecified atom stereocenters. The first kappa shape index (κ1) is 9.16. The van der Waals surface area contributed by atoms with Gasteiger partial charge in [-0.3, -0.25) is 9.59 Å². The van der Waals surface area contributed by atoms with Crippen molar-refractivity contribution in [2.24, 2.45) is 0 Å². The van der Waals surface area contributed by atoms with Crippen molar-refractivity contribution < 1.29 is 14.0 Å². The van der Waals surface area contributed by atoms with Gasteiger partial charge in [0.2, 0.25) is 0 Å². The number of rotatable bonds is 2. The van der Waals surface area contributed by atoms with Crippen LogP contribution in [0, 0.1) is 0 Å². The number of alkyl halides is 1. The summed E-state index contributed by atoms with van der Waals surface area (Å²) in [6.07, 6.45) is 1.48. The largest absolute Gasteiger partial charge is 0.330 e. The number of hydrogen-bond acceptors (Lipinski definition) is 2. The van der Waals surface area contributed by atoms with E-state index in [0.717, 1.165) is 6.42 Å². The van der Waals surface area contributed by atoms with Crippen LogP contribution in [-0.4, -0.2) is 35.9 Å². The zero-order valence-corrected chi connectivity index (χ0v) is 7.05. The van der Waals surface area contributed by atoms with E-state index in [1.54, 1.807) is 0 Å². The lowest BCUT2D eigenvalue weighted by Crippen LogP contribution is -2.40. The lowest BCUT2D eigenvalue weighted by Gasteiger charge is -2.20. The molecular weight excluding hydrogens is 161 g/mol. The fourth-order valence-electron chi connectivity index (χ4n) is 1.56. The predicted octanol–water partition coefficient (Wildman–Crippen LogP) is 0.536. The minimum Gasteiger partial charge on any atom is -0.330 e. The number of nitrogens with zero attached hydrogens (tertiary/aromatic N) is 1. The maximum absolute atomic E-state index is 12.0. The highest BCUT2D eigenvalue weighted by atomic mass is 19.1. The predicted molar refractivity (Wildman–Crippen MR) is 41.4 cm³/mol. The molecule has 0 saturated carbocycles. The molecule has 1 atom stereocenters. The van der Waals surface area contributed by atoms with Crippen molar-refractivity contribution in [1.29, 1.82) is 0 Å². The van der Waals surface area contributed by atoms with E-state index in [9.17, 15) is 14.0 Å². The van der Waals surface area contributed by atoms with Crippen LogP contribution in [0.5, 0.6) is 0 Å². The van der Waals surface area contributed by atoms with Crippen LogP contribution in [0.4, 0.5) is 4.39 Å². The molecule has 0 aromatic rings. The molecular formula is C8H12FNO2. The van der Waals surface area contributed by atoms with Crippen LogP contribution in [0.1, 0.15) is 19.8 Å². The second kappa shape index (κ2) is 3.65. The van der Waals surface area contributed by atoms with Crippen LogP contribution < -0.4 is 0 Å². The summed E-state index contributed by atoms with van der Waals surface area (Å²) in [7, 11) is 0. The summed E-state index contributed by atoms with van der Waals surface area (Å²) in [6, 6.07) is -0.367. The van der Waals surface area contributed by atoms with Crippen LogP contribution in [0.15, 0.2) is 0 Å². The molecule has 1 aliphatic heterocycles. The minimum absolute atomic E-state index is 0.0469. The molecule has 0 bridgehead atoms. The summed E-state index contributed by atoms with van der Waals surface area (Å²) in [6.45, 7) is 0.964. The number of likely N-dealkylation sites (tertiary alicyclic amines) is 1. The number of hydrogen-bond donors (Lipinski definition) is 0. The first-order valence-electron chi connectivity index (χ1n) is 4.02. The lowest BCUT2D eigenvalue weighted by atomic mass is 10.1. The monoisotopic (exact) mass is 173 g/mol. The molecule has 1 fully saturated rings. The summed E-state index contributed by atoms with van der Waals surface area (Å²) < 4.78 is 12.0. The van der Waals surface area contributed by atoms with Gasteiger partial charge in [-0.05, 0) is 19.8 Å². The van der Waals surface area contributed by atoms with E-state index >= 15 is 0 Å². The SMILES string of the molecule is CC(=O)[C@@H]1CCCN1C(=O)CF. The molecule has 12 heavy (non-hydrogen) atoms. The van der Waals surface area contributed by atoms with Crippen LogP contribution >= 0.6 is 0 Å². The van der Waals surface area contributed by atoms with Gasteiger partial charge in [0, 0.05) is 6.54 Å². The molecule has 0 aromatic carbocycles. The van der Waals surface area contributed by atoms with Crippen molar-refractivity contribution in [2.45, 2.75) is 25.8 Å². The zero-order chi connectivity index (χ0) is 9.14. The molecule has 0 spiro atoms. The average molecular weight is 173 g/mol. The second-order valence-corrected chi connectivity index (χ2v) is 2.99. The third kappa shape index (κ3) is 1.62. The molecule has 0 radical (unpaired) electrons. The molecule has 1 aliphatic rings. The van der Waals surface area contributed by atoms with E-state index in [4.69, 9.17) is 0 Å². The van der Waals surface area contributed by atoms with Gasteiger partial charge in [0.15, 0.2) is 12.5 Å². The van der Waals surface area contributed by atoms with Crippen molar-refractivity contribution in [2.75, 3.05) is 13.2 Å². The molecule has 4 heteroatoms. The molecule has 1 amide bonds. The molecule has 1 rings (SSSR count). The fraction of sp³-hybridized carbons (Fsp3) is 0.750. The first-order valence-corrected chi connectivity index (χ1v) is 4.02. The fourth-order valence-corrected chi connectivity index (χ4v) is 1.56. The molecule has 1 saturated heterocycles. The van der Waals surface area contributed by atoms with Gasteiger partial charge in [0.25, 0.3) is 5.91 Å². The van der Waals surface area contributed by atoms with Crippen molar-refractivity contribution in [3.63, 3.8) is 0 Å². The van der Waals surface area contributed by atoms with E-state index in [-0.39, 0.29) is 11.8 Å². The number of Topliss-reactive ketones (excluding diaryl/α,β-unsaturated/α-hetero) is 1. The van der Waals surface area contributed by atoms with E-state index in [1.165, 1.54) is 11.8 Å². The van der Waals surface area contributed by atoms with Gasteiger partial charge < -0.3 is 4.90 Å². The topological polar surface area (TPSA) is 37.4 Å². The summed E-state index contributed by atoms with van der Waals surface area (Å²) in [5, 5.41) is 0. The van der Waals surface area contributed by atoms with Gasteiger partial charge in [0.1, 0.15) is 0 Å². The molecule has 0 N–H and O–H groups in total. The van der Waals surface area contributed by atoms with E-state index in [1.807, 2.05) is 0 Å². The van der Waals surface area contributed by atoms with E-state index < -0.39 is 12.6 Å². The van der Waals surface area contributed by atoms with Crippen molar-refractivity contribution in [1.82, 2.24) is 4.90 Å². The third-order valence-electron chi connectivity index (χ3n) is 2.16. The Labute approximate surface area is 70.5 Å². The lowest BCUT2D eigenvalue weighted by molar-refractivity contribution is -0.137. The Bertz CT molecular complexity index is 205. The Morgan fingerprint density at radius 2 is 2.25 bits per heavy atom. The van der Waals surface area contributed by atoms with Crippen LogP contribution in [0.3, 0.4) is 0 Å². The molecule has 0 aromatic heterocycles. The quantitative estimate of drug-likeness (QED) is 0.611. The molecule has 3 nitrogen and oxygen atoms in total. The highest BCUT2D eigenvalue weighted by molar-refractivity contribution is 5.88. The summed E-state index contributed by atoms with van der Waals surface area (Å²) >= 11 is 0. The van der Waals surface area contributed by atoms with Crippen LogP contribution in [-0.2, 0) is 9.59 Å². The minimum atomic E-state index is -0.996. The van der Waals surface area contributed by atoms with Crippen molar-refractivity contribution >= 4 is 11.7 Å². The van der Waals surface area contributed by atoms with Gasteiger partial charge >= 0.3 is 0 Å². The van der Waals surface area contributed by atoms with Gasteiger partial charge in [-0.1, -0.05) is 0 Å². The van der Waals surface area contributed by atoms with Gasteiger partial charge in [-0.2, -0.15) is 0 Å². The molecule has 1 heterocycles. The number of ketones is 1. The maximum Gasteiger partial charge on any atom is 0.254 e. The smallest absolute Gasteiger partial charge is 0.254 e. The zero-order valence-electron chi connectivity index (χ0n) is 7.05. The van der Waals surface area contributed by atoms with E-state index in [0.29, 0.717) is 13.0 Å². The van der Waals surface area contributed by atoms with Crippen LogP contribution in [0.2, 0.25) is 0 Å². The third-order valence-corrected chi connectivity index (χ3v) is 2.16. The summed E-state index contributed by atoms with van der Waals surface area (Å²) in [4.78, 5) is 23.2. The Balaban J connectivity index is 2.63. The van der Waals surface area contributed by atoms with E-state index in [2.05, 4.69) is 0 Å². The maximum atomic E-state index is 12.0. The highest BCUT2D eigenvalue weighted by Crippen LogP contribution is 2.17. The second-order valence-electron chi connectivity index (χ2n) is 2.99. The number of amides is 1. The van der Waals surface area contributed by atoms with Crippen molar-refractivity contribution in [3.8, 4) is 0 Å². The van der Waals surface area contributed by atoms with Gasteiger partial charge in [-0.15, -0.1) is 0 Å². The highest BCUT2D eigenvalue weighted by Gasteiger charge is 2.31. The molecule has 0 aliphatic carbocycles. The Kier molecular flexibility index (Phi) is 2.78. The Hall–Kier alpha value is -0.930. The normalized spacial score (nSPS) is 22.8. The van der Waals surface area contributed by atoms with Crippen molar-refractivity contribution in [3.05, 3.63) is 0 Å². The summed E-state index contributed by atoms with van der Waals surface area (Å²) in [5.74, 6) is -0.609. The Morgan fingerprint density at radius 3 is 2.75 bits per heavy atom. The average Bonchev–Trinajstić information content (AvgIpc) is 2.50. The van der Waals surface area contributed by atoms with Gasteiger partial charge in [0.05, 0.1) is 6.04 Å². The number of halogens is 1. The standard InChI is InChI=1S/C8H12FNO2/c1-6(11)7-3-2-4-10(7)8(12)5-9/h7H,2-5H2,1H3/t7-/m0/s1. The molecule has 68 valence electrons. The number of carbonyl (C=O) groups excluding carboxylic acids is 2. The van der Waals surface area contributed by atoms with Crippen LogP contribution in [0.25, 0.3) is 0 Å². The Morgan fingerprint density at radius 1 is 1.58 bits per heavy atom. The number of carbonyl (C=O) groups is 2.